The number of pyridine rings is 1. The van der Waals surface area contributed by atoms with Crippen molar-refractivity contribution in [3.05, 3.63) is 53.9 Å². The van der Waals surface area contributed by atoms with E-state index in [0.717, 1.165) is 55.2 Å². The minimum absolute atomic E-state index is 0.212. The quantitative estimate of drug-likeness (QED) is 0.878. The van der Waals surface area contributed by atoms with Gasteiger partial charge in [0.1, 0.15) is 17.1 Å². The number of ether oxygens (including phenoxy) is 2. The third-order valence-electron chi connectivity index (χ3n) is 6.27. The van der Waals surface area contributed by atoms with E-state index in [-0.39, 0.29) is 11.8 Å². The first-order valence-electron chi connectivity index (χ1n) is 9.72. The standard InChI is InChI=1S/C22H28N2O3/c1-26-19-10-9-16(20(12-19)27-2)13-24-14-17-6-5-7-18(15-24)22(17,25)21-8-3-4-11-23-21/h3-4,8-12,17-18,25H,5-7,13-15H2,1-2H3/t17-,18-/m1/s1. The zero-order valence-electron chi connectivity index (χ0n) is 16.1. The molecule has 1 aliphatic carbocycles. The number of rotatable bonds is 5. The summed E-state index contributed by atoms with van der Waals surface area (Å²) in [7, 11) is 3.36. The van der Waals surface area contributed by atoms with Gasteiger partial charge in [0.25, 0.3) is 0 Å². The molecular weight excluding hydrogens is 340 g/mol. The smallest absolute Gasteiger partial charge is 0.127 e. The molecule has 5 heteroatoms. The minimum atomic E-state index is -0.806. The first-order valence-corrected chi connectivity index (χ1v) is 9.72. The van der Waals surface area contributed by atoms with Crippen molar-refractivity contribution in [2.45, 2.75) is 31.4 Å². The zero-order valence-corrected chi connectivity index (χ0v) is 16.1. The van der Waals surface area contributed by atoms with Gasteiger partial charge in [-0.05, 0) is 31.0 Å². The van der Waals surface area contributed by atoms with Crippen molar-refractivity contribution in [2.75, 3.05) is 27.3 Å². The summed E-state index contributed by atoms with van der Waals surface area (Å²) in [5, 5.41) is 11.6. The molecule has 1 aromatic carbocycles. The molecule has 0 unspecified atom stereocenters. The van der Waals surface area contributed by atoms with Crippen LogP contribution in [0.5, 0.6) is 11.5 Å². The van der Waals surface area contributed by atoms with Crippen LogP contribution in [0, 0.1) is 11.8 Å². The van der Waals surface area contributed by atoms with Gasteiger partial charge < -0.3 is 14.6 Å². The molecule has 1 aliphatic heterocycles. The van der Waals surface area contributed by atoms with E-state index in [0.29, 0.717) is 0 Å². The van der Waals surface area contributed by atoms with Gasteiger partial charge >= 0.3 is 0 Å². The van der Waals surface area contributed by atoms with Crippen molar-refractivity contribution in [1.29, 1.82) is 0 Å². The number of aliphatic hydroxyl groups is 1. The third-order valence-corrected chi connectivity index (χ3v) is 6.27. The lowest BCUT2D eigenvalue weighted by atomic mass is 9.64. The van der Waals surface area contributed by atoms with Gasteiger partial charge in [-0.25, -0.2) is 0 Å². The fourth-order valence-electron chi connectivity index (χ4n) is 4.91. The zero-order chi connectivity index (χ0) is 18.9. The maximum absolute atomic E-state index is 11.6. The average molecular weight is 368 g/mol. The van der Waals surface area contributed by atoms with E-state index >= 15 is 0 Å². The van der Waals surface area contributed by atoms with Crippen LogP contribution < -0.4 is 9.47 Å². The van der Waals surface area contributed by atoms with Gasteiger partial charge in [0.2, 0.25) is 0 Å². The van der Waals surface area contributed by atoms with Crippen LogP contribution in [0.2, 0.25) is 0 Å². The second kappa shape index (κ2) is 7.49. The number of hydrogen-bond acceptors (Lipinski definition) is 5. The van der Waals surface area contributed by atoms with Crippen LogP contribution in [0.3, 0.4) is 0 Å². The molecule has 5 nitrogen and oxygen atoms in total. The molecule has 2 heterocycles. The van der Waals surface area contributed by atoms with E-state index in [9.17, 15) is 5.11 Å². The molecule has 2 aliphatic rings. The maximum atomic E-state index is 11.6. The number of methoxy groups -OCH3 is 2. The number of piperidine rings is 1. The van der Waals surface area contributed by atoms with Crippen LogP contribution in [0.1, 0.15) is 30.5 Å². The van der Waals surface area contributed by atoms with E-state index < -0.39 is 5.60 Å². The fraction of sp³-hybridized carbons (Fsp3) is 0.500. The highest BCUT2D eigenvalue weighted by Crippen LogP contribution is 2.48. The Balaban J connectivity index is 1.56. The highest BCUT2D eigenvalue weighted by Gasteiger charge is 2.52. The Hall–Kier alpha value is -2.11. The van der Waals surface area contributed by atoms with Gasteiger partial charge in [-0.2, -0.15) is 0 Å². The van der Waals surface area contributed by atoms with Crippen LogP contribution in [0.25, 0.3) is 0 Å². The maximum Gasteiger partial charge on any atom is 0.127 e. The summed E-state index contributed by atoms with van der Waals surface area (Å²) in [5.74, 6) is 2.08. The Morgan fingerprint density at radius 3 is 2.52 bits per heavy atom. The molecule has 2 bridgehead atoms. The molecule has 2 atom stereocenters. The summed E-state index contributed by atoms with van der Waals surface area (Å²) in [4.78, 5) is 6.96. The van der Waals surface area contributed by atoms with E-state index in [4.69, 9.17) is 9.47 Å². The molecule has 1 N–H and O–H groups in total. The molecule has 1 saturated heterocycles. The topological polar surface area (TPSA) is 54.8 Å². The molecule has 1 aromatic heterocycles. The molecule has 0 radical (unpaired) electrons. The number of likely N-dealkylation sites (tertiary alicyclic amines) is 1. The lowest BCUT2D eigenvalue weighted by Crippen LogP contribution is -2.58. The molecule has 2 fully saturated rings. The summed E-state index contributed by atoms with van der Waals surface area (Å²) in [6.07, 6.45) is 5.06. The van der Waals surface area contributed by atoms with Gasteiger partial charge in [-0.1, -0.05) is 18.6 Å². The summed E-state index contributed by atoms with van der Waals surface area (Å²) >= 11 is 0. The Morgan fingerprint density at radius 1 is 1.11 bits per heavy atom. The summed E-state index contributed by atoms with van der Waals surface area (Å²) in [6.45, 7) is 2.57. The largest absolute Gasteiger partial charge is 0.497 e. The lowest BCUT2D eigenvalue weighted by molar-refractivity contribution is -0.151. The predicted molar refractivity (Wildman–Crippen MR) is 104 cm³/mol. The van der Waals surface area contributed by atoms with Crippen molar-refractivity contribution >= 4 is 0 Å². The van der Waals surface area contributed by atoms with Crippen molar-refractivity contribution in [3.8, 4) is 11.5 Å². The van der Waals surface area contributed by atoms with E-state index in [2.05, 4.69) is 16.0 Å². The second-order valence-electron chi connectivity index (χ2n) is 7.74. The van der Waals surface area contributed by atoms with Gasteiger partial charge in [-0.3, -0.25) is 9.88 Å². The van der Waals surface area contributed by atoms with Gasteiger partial charge in [0.15, 0.2) is 0 Å². The molecular formula is C22H28N2O3. The number of hydrogen-bond donors (Lipinski definition) is 1. The van der Waals surface area contributed by atoms with Gasteiger partial charge in [0.05, 0.1) is 19.9 Å². The van der Waals surface area contributed by atoms with E-state index in [1.54, 1.807) is 20.4 Å². The highest BCUT2D eigenvalue weighted by molar-refractivity contribution is 5.40. The summed E-state index contributed by atoms with van der Waals surface area (Å²) < 4.78 is 10.9. The third kappa shape index (κ3) is 3.30. The minimum Gasteiger partial charge on any atom is -0.497 e. The first-order chi connectivity index (χ1) is 13.1. The Labute approximate surface area is 160 Å². The van der Waals surface area contributed by atoms with E-state index in [1.165, 1.54) is 6.42 Å². The highest BCUT2D eigenvalue weighted by atomic mass is 16.5. The van der Waals surface area contributed by atoms with Crippen LogP contribution in [0.4, 0.5) is 0 Å². The Kier molecular flexibility index (Phi) is 5.06. The Morgan fingerprint density at radius 2 is 1.89 bits per heavy atom. The predicted octanol–water partition coefficient (Wildman–Crippen LogP) is 3.22. The molecule has 0 spiro atoms. The monoisotopic (exact) mass is 368 g/mol. The SMILES string of the molecule is COc1ccc(CN2C[C@H]3CCC[C@H](C2)C3(O)c2ccccn2)c(OC)c1. The first kappa shape index (κ1) is 18.3. The normalized spacial score (nSPS) is 28.0. The fourth-order valence-corrected chi connectivity index (χ4v) is 4.91. The summed E-state index contributed by atoms with van der Waals surface area (Å²) in [6, 6.07) is 11.9. The van der Waals surface area contributed by atoms with E-state index in [1.807, 2.05) is 30.3 Å². The van der Waals surface area contributed by atoms with Crippen LogP contribution in [0.15, 0.2) is 42.6 Å². The van der Waals surface area contributed by atoms with Crippen LogP contribution >= 0.6 is 0 Å². The number of benzene rings is 1. The second-order valence-corrected chi connectivity index (χ2v) is 7.74. The van der Waals surface area contributed by atoms with Gasteiger partial charge in [-0.15, -0.1) is 0 Å². The molecule has 4 rings (SSSR count). The molecule has 2 aromatic rings. The van der Waals surface area contributed by atoms with Crippen molar-refractivity contribution < 1.29 is 14.6 Å². The number of aromatic nitrogens is 1. The number of fused-ring (bicyclic) bond motifs is 2. The molecule has 0 amide bonds. The Bertz CT molecular complexity index is 766. The number of nitrogens with zero attached hydrogens (tertiary/aromatic N) is 2. The van der Waals surface area contributed by atoms with Crippen molar-refractivity contribution in [1.82, 2.24) is 9.88 Å². The van der Waals surface area contributed by atoms with Crippen LogP contribution in [-0.2, 0) is 12.1 Å². The summed E-state index contributed by atoms with van der Waals surface area (Å²) in [5.41, 5.74) is 1.18. The van der Waals surface area contributed by atoms with Crippen molar-refractivity contribution in [2.24, 2.45) is 11.8 Å². The molecule has 144 valence electrons. The average Bonchev–Trinajstić information content (AvgIpc) is 2.69. The molecule has 1 saturated carbocycles. The van der Waals surface area contributed by atoms with Crippen LogP contribution in [-0.4, -0.2) is 42.3 Å². The molecule has 27 heavy (non-hydrogen) atoms. The van der Waals surface area contributed by atoms with Crippen molar-refractivity contribution in [3.63, 3.8) is 0 Å². The van der Waals surface area contributed by atoms with Gasteiger partial charge in [0, 0.05) is 49.3 Å². The lowest BCUT2D eigenvalue weighted by Gasteiger charge is -2.52.